The van der Waals surface area contributed by atoms with E-state index in [0.29, 0.717) is 16.3 Å². The standard InChI is InChI=1S/C11H9ClN4OS/c1-7-10(17)16(11(18)15-14-7)13-6-8-4-2-3-5-9(8)12/h2-6H,1H3,(H,15,18). The van der Waals surface area contributed by atoms with Crippen molar-refractivity contribution in [1.29, 1.82) is 0 Å². The molecule has 5 nitrogen and oxygen atoms in total. The number of aromatic nitrogens is 3. The normalized spacial score (nSPS) is 11.0. The molecular weight excluding hydrogens is 272 g/mol. The number of benzene rings is 1. The molecule has 0 aliphatic heterocycles. The molecule has 2 aromatic rings. The van der Waals surface area contributed by atoms with Gasteiger partial charge in [0, 0.05) is 10.6 Å². The lowest BCUT2D eigenvalue weighted by Gasteiger charge is -1.99. The molecule has 0 fully saturated rings. The Morgan fingerprint density at radius 3 is 2.94 bits per heavy atom. The van der Waals surface area contributed by atoms with E-state index < -0.39 is 0 Å². The minimum Gasteiger partial charge on any atom is -0.265 e. The molecule has 92 valence electrons. The SMILES string of the molecule is Cc1n[nH]c(=S)n(N=Cc2ccccc2Cl)c1=O. The lowest BCUT2D eigenvalue weighted by Crippen LogP contribution is -2.22. The number of halogens is 1. The summed E-state index contributed by atoms with van der Waals surface area (Å²) in [5.41, 5.74) is 0.636. The lowest BCUT2D eigenvalue weighted by molar-refractivity contribution is 0.720. The average Bonchev–Trinajstić information content (AvgIpc) is 2.36. The lowest BCUT2D eigenvalue weighted by atomic mass is 10.2. The third-order valence-electron chi connectivity index (χ3n) is 2.23. The Hall–Kier alpha value is -1.79. The van der Waals surface area contributed by atoms with Crippen LogP contribution in [0.3, 0.4) is 0 Å². The summed E-state index contributed by atoms with van der Waals surface area (Å²) >= 11 is 10.9. The first-order valence-electron chi connectivity index (χ1n) is 5.07. The molecular formula is C11H9ClN4OS. The summed E-state index contributed by atoms with van der Waals surface area (Å²) in [7, 11) is 0. The molecule has 7 heteroatoms. The second-order valence-electron chi connectivity index (χ2n) is 3.50. The van der Waals surface area contributed by atoms with Gasteiger partial charge < -0.3 is 0 Å². The van der Waals surface area contributed by atoms with Gasteiger partial charge >= 0.3 is 0 Å². The summed E-state index contributed by atoms with van der Waals surface area (Å²) in [6.07, 6.45) is 1.48. The van der Waals surface area contributed by atoms with Crippen molar-refractivity contribution in [3.05, 3.63) is 55.7 Å². The zero-order chi connectivity index (χ0) is 13.1. The van der Waals surface area contributed by atoms with Gasteiger partial charge in [-0.2, -0.15) is 14.9 Å². The monoisotopic (exact) mass is 280 g/mol. The number of nitrogens with one attached hydrogen (secondary N) is 1. The van der Waals surface area contributed by atoms with Crippen molar-refractivity contribution in [3.8, 4) is 0 Å². The number of rotatable bonds is 2. The highest BCUT2D eigenvalue weighted by atomic mass is 35.5. The van der Waals surface area contributed by atoms with Crippen LogP contribution in [0.1, 0.15) is 11.3 Å². The minimum atomic E-state index is -0.359. The number of aryl methyl sites for hydroxylation is 1. The molecule has 0 saturated carbocycles. The molecule has 0 atom stereocenters. The zero-order valence-electron chi connectivity index (χ0n) is 9.42. The van der Waals surface area contributed by atoms with Gasteiger partial charge in [-0.05, 0) is 25.2 Å². The van der Waals surface area contributed by atoms with Crippen LogP contribution in [0.5, 0.6) is 0 Å². The summed E-state index contributed by atoms with van der Waals surface area (Å²) in [5.74, 6) is 0. The van der Waals surface area contributed by atoms with Gasteiger partial charge in [0.25, 0.3) is 5.56 Å². The number of hydrogen-bond donors (Lipinski definition) is 1. The molecule has 0 aliphatic carbocycles. The maximum absolute atomic E-state index is 11.8. The number of hydrogen-bond acceptors (Lipinski definition) is 4. The van der Waals surface area contributed by atoms with E-state index >= 15 is 0 Å². The van der Waals surface area contributed by atoms with Crippen LogP contribution >= 0.6 is 23.8 Å². The maximum Gasteiger partial charge on any atom is 0.296 e. The Labute approximate surface area is 113 Å². The Kier molecular flexibility index (Phi) is 3.69. The van der Waals surface area contributed by atoms with Gasteiger partial charge in [-0.25, -0.2) is 0 Å². The molecule has 1 aromatic heterocycles. The van der Waals surface area contributed by atoms with Crippen molar-refractivity contribution >= 4 is 30.0 Å². The van der Waals surface area contributed by atoms with E-state index in [1.807, 2.05) is 12.1 Å². The van der Waals surface area contributed by atoms with Crippen LogP contribution in [-0.2, 0) is 0 Å². The molecule has 18 heavy (non-hydrogen) atoms. The van der Waals surface area contributed by atoms with Gasteiger partial charge in [0.15, 0.2) is 0 Å². The highest BCUT2D eigenvalue weighted by Crippen LogP contribution is 2.12. The second-order valence-corrected chi connectivity index (χ2v) is 4.29. The predicted octanol–water partition coefficient (Wildman–Crippen LogP) is 2.14. The molecule has 0 aliphatic rings. The van der Waals surface area contributed by atoms with Crippen molar-refractivity contribution in [3.63, 3.8) is 0 Å². The fourth-order valence-corrected chi connectivity index (χ4v) is 1.64. The first-order chi connectivity index (χ1) is 8.59. The Morgan fingerprint density at radius 1 is 1.50 bits per heavy atom. The summed E-state index contributed by atoms with van der Waals surface area (Å²) in [6, 6.07) is 7.17. The van der Waals surface area contributed by atoms with Crippen LogP contribution in [-0.4, -0.2) is 21.1 Å². The van der Waals surface area contributed by atoms with Gasteiger partial charge in [0.2, 0.25) is 4.77 Å². The molecule has 0 radical (unpaired) electrons. The molecule has 1 N–H and O–H groups in total. The van der Waals surface area contributed by atoms with Gasteiger partial charge in [0.05, 0.1) is 6.21 Å². The van der Waals surface area contributed by atoms with Crippen molar-refractivity contribution < 1.29 is 0 Å². The van der Waals surface area contributed by atoms with E-state index in [-0.39, 0.29) is 10.3 Å². The molecule has 0 bridgehead atoms. The molecule has 1 aromatic carbocycles. The minimum absolute atomic E-state index is 0.133. The van der Waals surface area contributed by atoms with Crippen molar-refractivity contribution in [2.45, 2.75) is 6.92 Å². The summed E-state index contributed by atoms with van der Waals surface area (Å²) in [6.45, 7) is 1.58. The van der Waals surface area contributed by atoms with Crippen LogP contribution in [0.4, 0.5) is 0 Å². The van der Waals surface area contributed by atoms with Gasteiger partial charge in [-0.15, -0.1) is 0 Å². The van der Waals surface area contributed by atoms with E-state index in [1.54, 1.807) is 19.1 Å². The molecule has 1 heterocycles. The van der Waals surface area contributed by atoms with Crippen LogP contribution < -0.4 is 5.56 Å². The molecule has 0 amide bonds. The fraction of sp³-hybridized carbons (Fsp3) is 0.0909. The largest absolute Gasteiger partial charge is 0.296 e. The first-order valence-corrected chi connectivity index (χ1v) is 5.85. The van der Waals surface area contributed by atoms with Crippen LogP contribution in [0, 0.1) is 11.7 Å². The van der Waals surface area contributed by atoms with E-state index in [9.17, 15) is 4.79 Å². The molecule has 2 rings (SSSR count). The Morgan fingerprint density at radius 2 is 2.22 bits per heavy atom. The average molecular weight is 281 g/mol. The van der Waals surface area contributed by atoms with E-state index in [2.05, 4.69) is 15.3 Å². The number of H-pyrrole nitrogens is 1. The summed E-state index contributed by atoms with van der Waals surface area (Å²) in [4.78, 5) is 11.8. The van der Waals surface area contributed by atoms with Gasteiger partial charge in [-0.3, -0.25) is 9.89 Å². The molecule has 0 spiro atoms. The number of nitrogens with zero attached hydrogens (tertiary/aromatic N) is 3. The topological polar surface area (TPSA) is 63.0 Å². The first kappa shape index (κ1) is 12.7. The highest BCUT2D eigenvalue weighted by Gasteiger charge is 2.01. The Balaban J connectivity index is 2.48. The smallest absolute Gasteiger partial charge is 0.265 e. The number of aromatic amines is 1. The van der Waals surface area contributed by atoms with E-state index in [4.69, 9.17) is 23.8 Å². The maximum atomic E-state index is 11.8. The summed E-state index contributed by atoms with van der Waals surface area (Å²) in [5, 5.41) is 10.9. The predicted molar refractivity (Wildman–Crippen MR) is 72.9 cm³/mol. The zero-order valence-corrected chi connectivity index (χ0v) is 11.0. The van der Waals surface area contributed by atoms with Crippen LogP contribution in [0.2, 0.25) is 5.02 Å². The fourth-order valence-electron chi connectivity index (χ4n) is 1.28. The van der Waals surface area contributed by atoms with Crippen molar-refractivity contribution in [1.82, 2.24) is 14.9 Å². The van der Waals surface area contributed by atoms with Crippen molar-refractivity contribution in [2.24, 2.45) is 5.10 Å². The third kappa shape index (κ3) is 2.55. The van der Waals surface area contributed by atoms with Crippen LogP contribution in [0.25, 0.3) is 0 Å². The van der Waals surface area contributed by atoms with Crippen molar-refractivity contribution in [2.75, 3.05) is 0 Å². The van der Waals surface area contributed by atoms with Crippen LogP contribution in [0.15, 0.2) is 34.2 Å². The van der Waals surface area contributed by atoms with Gasteiger partial charge in [0.1, 0.15) is 5.69 Å². The summed E-state index contributed by atoms with van der Waals surface area (Å²) < 4.78 is 1.20. The molecule has 0 unspecified atom stereocenters. The highest BCUT2D eigenvalue weighted by molar-refractivity contribution is 7.71. The quantitative estimate of drug-likeness (QED) is 0.677. The molecule has 0 saturated heterocycles. The Bertz CT molecular complexity index is 719. The van der Waals surface area contributed by atoms with Gasteiger partial charge in [-0.1, -0.05) is 29.8 Å². The van der Waals surface area contributed by atoms with E-state index in [0.717, 1.165) is 4.68 Å². The second kappa shape index (κ2) is 5.24. The third-order valence-corrected chi connectivity index (χ3v) is 2.84. The van der Waals surface area contributed by atoms with E-state index in [1.165, 1.54) is 6.21 Å².